The van der Waals surface area contributed by atoms with Gasteiger partial charge in [0, 0.05) is 12.1 Å². The van der Waals surface area contributed by atoms with E-state index in [0.29, 0.717) is 5.75 Å². The average Bonchev–Trinajstić information content (AvgIpc) is 1.99. The Morgan fingerprint density at radius 2 is 2.18 bits per heavy atom. The maximum absolute atomic E-state index is 12.7. The summed E-state index contributed by atoms with van der Waals surface area (Å²) in [6.07, 6.45) is 0. The van der Waals surface area contributed by atoms with Crippen molar-refractivity contribution in [1.29, 1.82) is 0 Å². The number of anilines is 1. The zero-order valence-corrected chi connectivity index (χ0v) is 6.65. The zero-order valence-electron chi connectivity index (χ0n) is 5.90. The van der Waals surface area contributed by atoms with Crippen LogP contribution in [0.25, 0.3) is 0 Å². The second-order valence-corrected chi connectivity index (χ2v) is 2.39. The molecule has 11 heavy (non-hydrogen) atoms. The summed E-state index contributed by atoms with van der Waals surface area (Å²) in [6.45, 7) is 0. The van der Waals surface area contributed by atoms with Gasteiger partial charge in [0.2, 0.25) is 0 Å². The number of hydrogen-bond donors (Lipinski definition) is 1. The number of nitrogen functional groups attached to an aromatic ring is 1. The van der Waals surface area contributed by atoms with Gasteiger partial charge in [-0.05, 0) is 0 Å². The van der Waals surface area contributed by atoms with Crippen LogP contribution >= 0.6 is 11.6 Å². The van der Waals surface area contributed by atoms with Crippen LogP contribution in [-0.2, 0) is 0 Å². The van der Waals surface area contributed by atoms with E-state index in [1.54, 1.807) is 0 Å². The smallest absolute Gasteiger partial charge is 0.147 e. The van der Waals surface area contributed by atoms with Gasteiger partial charge >= 0.3 is 0 Å². The molecule has 1 rings (SSSR count). The number of nitrogens with two attached hydrogens (primary N) is 1. The first-order chi connectivity index (χ1) is 5.15. The van der Waals surface area contributed by atoms with Gasteiger partial charge in [0.15, 0.2) is 0 Å². The highest BCUT2D eigenvalue weighted by atomic mass is 35.5. The number of benzene rings is 1. The van der Waals surface area contributed by atoms with Crippen molar-refractivity contribution in [1.82, 2.24) is 0 Å². The van der Waals surface area contributed by atoms with E-state index >= 15 is 0 Å². The van der Waals surface area contributed by atoms with Crippen LogP contribution in [-0.4, -0.2) is 7.11 Å². The first-order valence-electron chi connectivity index (χ1n) is 2.93. The van der Waals surface area contributed by atoms with Gasteiger partial charge in [-0.15, -0.1) is 0 Å². The van der Waals surface area contributed by atoms with Crippen molar-refractivity contribution in [2.75, 3.05) is 12.8 Å². The summed E-state index contributed by atoms with van der Waals surface area (Å²) in [5.41, 5.74) is 5.53. The summed E-state index contributed by atoms with van der Waals surface area (Å²) in [4.78, 5) is 0. The highest BCUT2D eigenvalue weighted by molar-refractivity contribution is 6.33. The molecule has 0 amide bonds. The molecule has 2 nitrogen and oxygen atoms in total. The number of halogens is 2. The molecule has 0 saturated heterocycles. The summed E-state index contributed by atoms with van der Waals surface area (Å²) >= 11 is 5.45. The molecule has 0 bridgehead atoms. The standard InChI is InChI=1S/C7H7ClFNO/c1-11-4-2-5(9)7(8)6(10)3-4/h2-3H,10H2,1H3. The van der Waals surface area contributed by atoms with Crippen molar-refractivity contribution in [2.45, 2.75) is 0 Å². The number of hydrogen-bond acceptors (Lipinski definition) is 2. The fraction of sp³-hybridized carbons (Fsp3) is 0.143. The minimum absolute atomic E-state index is 0.0641. The van der Waals surface area contributed by atoms with Crippen molar-refractivity contribution in [3.05, 3.63) is 23.0 Å². The third kappa shape index (κ3) is 1.54. The van der Waals surface area contributed by atoms with E-state index in [4.69, 9.17) is 22.1 Å². The van der Waals surface area contributed by atoms with E-state index in [2.05, 4.69) is 0 Å². The molecule has 0 saturated carbocycles. The van der Waals surface area contributed by atoms with Crippen LogP contribution < -0.4 is 10.5 Å². The third-order valence-electron chi connectivity index (χ3n) is 1.27. The van der Waals surface area contributed by atoms with Gasteiger partial charge in [-0.1, -0.05) is 11.6 Å². The van der Waals surface area contributed by atoms with Crippen molar-refractivity contribution in [3.8, 4) is 5.75 Å². The van der Waals surface area contributed by atoms with Crippen LogP contribution in [0.1, 0.15) is 0 Å². The molecule has 0 aliphatic carbocycles. The summed E-state index contributed by atoms with van der Waals surface area (Å²) in [7, 11) is 1.43. The minimum atomic E-state index is -0.566. The van der Waals surface area contributed by atoms with Crippen LogP contribution in [0.15, 0.2) is 12.1 Å². The topological polar surface area (TPSA) is 35.2 Å². The lowest BCUT2D eigenvalue weighted by Crippen LogP contribution is -1.91. The zero-order chi connectivity index (χ0) is 8.43. The highest BCUT2D eigenvalue weighted by Crippen LogP contribution is 2.27. The van der Waals surface area contributed by atoms with Crippen LogP contribution in [0.3, 0.4) is 0 Å². The Kier molecular flexibility index (Phi) is 2.19. The van der Waals surface area contributed by atoms with Gasteiger partial charge < -0.3 is 10.5 Å². The van der Waals surface area contributed by atoms with E-state index in [0.717, 1.165) is 0 Å². The Hall–Kier alpha value is -0.960. The lowest BCUT2D eigenvalue weighted by Gasteiger charge is -2.03. The molecule has 1 aromatic carbocycles. The normalized spacial score (nSPS) is 9.73. The van der Waals surface area contributed by atoms with Crippen LogP contribution in [0, 0.1) is 5.82 Å². The molecule has 0 atom stereocenters. The van der Waals surface area contributed by atoms with Gasteiger partial charge in [-0.3, -0.25) is 0 Å². The lowest BCUT2D eigenvalue weighted by molar-refractivity contribution is 0.411. The van der Waals surface area contributed by atoms with Crippen molar-refractivity contribution < 1.29 is 9.13 Å². The molecule has 0 aliphatic rings. The summed E-state index contributed by atoms with van der Waals surface area (Å²) in [5, 5.41) is -0.0641. The van der Waals surface area contributed by atoms with Gasteiger partial charge in [-0.25, -0.2) is 4.39 Å². The molecule has 60 valence electrons. The first kappa shape index (κ1) is 8.14. The Labute approximate surface area is 68.7 Å². The van der Waals surface area contributed by atoms with E-state index in [1.165, 1.54) is 19.2 Å². The summed E-state index contributed by atoms with van der Waals surface area (Å²) in [5.74, 6) is -0.201. The second kappa shape index (κ2) is 2.96. The Bertz CT molecular complexity index is 254. The van der Waals surface area contributed by atoms with E-state index in [1.807, 2.05) is 0 Å². The minimum Gasteiger partial charge on any atom is -0.497 e. The molecule has 0 radical (unpaired) electrons. The molecule has 0 unspecified atom stereocenters. The Morgan fingerprint density at radius 3 is 2.64 bits per heavy atom. The third-order valence-corrected chi connectivity index (χ3v) is 1.66. The number of rotatable bonds is 1. The van der Waals surface area contributed by atoms with Crippen molar-refractivity contribution >= 4 is 17.3 Å². The van der Waals surface area contributed by atoms with Crippen LogP contribution in [0.5, 0.6) is 5.75 Å². The van der Waals surface area contributed by atoms with Crippen LogP contribution in [0.4, 0.5) is 10.1 Å². The van der Waals surface area contributed by atoms with E-state index < -0.39 is 5.82 Å². The molecule has 0 spiro atoms. The SMILES string of the molecule is COc1cc(N)c(Cl)c(F)c1. The fourth-order valence-corrected chi connectivity index (χ4v) is 0.811. The molecule has 4 heteroatoms. The number of methoxy groups -OCH3 is 1. The van der Waals surface area contributed by atoms with E-state index in [9.17, 15) is 4.39 Å². The molecule has 1 aromatic rings. The Balaban J connectivity index is 3.21. The predicted octanol–water partition coefficient (Wildman–Crippen LogP) is 2.07. The highest BCUT2D eigenvalue weighted by Gasteiger charge is 2.05. The molecule has 0 aromatic heterocycles. The monoisotopic (exact) mass is 175 g/mol. The van der Waals surface area contributed by atoms with Gasteiger partial charge in [0.05, 0.1) is 17.8 Å². The predicted molar refractivity (Wildman–Crippen MR) is 42.4 cm³/mol. The summed E-state index contributed by atoms with van der Waals surface area (Å²) in [6, 6.07) is 2.64. The number of ether oxygens (including phenoxy) is 1. The first-order valence-corrected chi connectivity index (χ1v) is 3.31. The molecule has 2 N–H and O–H groups in total. The maximum atomic E-state index is 12.7. The maximum Gasteiger partial charge on any atom is 0.147 e. The van der Waals surface area contributed by atoms with Gasteiger partial charge in [0.25, 0.3) is 0 Å². The molecular formula is C7H7ClFNO. The molecule has 0 aliphatic heterocycles. The van der Waals surface area contributed by atoms with Crippen molar-refractivity contribution in [3.63, 3.8) is 0 Å². The molecular weight excluding hydrogens is 169 g/mol. The van der Waals surface area contributed by atoms with Crippen molar-refractivity contribution in [2.24, 2.45) is 0 Å². The van der Waals surface area contributed by atoms with Gasteiger partial charge in [-0.2, -0.15) is 0 Å². The quantitative estimate of drug-likeness (QED) is 0.664. The van der Waals surface area contributed by atoms with Crippen LogP contribution in [0.2, 0.25) is 5.02 Å². The van der Waals surface area contributed by atoms with Gasteiger partial charge in [0.1, 0.15) is 11.6 Å². The summed E-state index contributed by atoms with van der Waals surface area (Å²) < 4.78 is 17.5. The Morgan fingerprint density at radius 1 is 1.55 bits per heavy atom. The molecule has 0 heterocycles. The van der Waals surface area contributed by atoms with E-state index in [-0.39, 0.29) is 10.7 Å². The largest absolute Gasteiger partial charge is 0.497 e. The fourth-order valence-electron chi connectivity index (χ4n) is 0.702. The molecule has 0 fully saturated rings. The lowest BCUT2D eigenvalue weighted by atomic mass is 10.3. The second-order valence-electron chi connectivity index (χ2n) is 2.01. The average molecular weight is 176 g/mol.